The van der Waals surface area contributed by atoms with Crippen LogP contribution < -0.4 is 5.73 Å². The summed E-state index contributed by atoms with van der Waals surface area (Å²) >= 11 is 0. The van der Waals surface area contributed by atoms with Crippen LogP contribution in [0.2, 0.25) is 0 Å². The van der Waals surface area contributed by atoms with Gasteiger partial charge in [-0.05, 0) is 58.5 Å². The molecule has 0 aromatic heterocycles. The molecule has 0 aliphatic carbocycles. The smallest absolute Gasteiger partial charge is 0.0601 e. The fraction of sp³-hybridized carbons (Fsp3) is 0.953. The predicted octanol–water partition coefficient (Wildman–Crippen LogP) is 11.7. The molecule has 0 bridgehead atoms. The topological polar surface area (TPSA) is 90.0 Å². The zero-order valence-corrected chi connectivity index (χ0v) is 40.5. The molecule has 4 atom stereocenters. The first-order chi connectivity index (χ1) is 23.3. The SMILES string of the molecule is CCCCCCC(O)CCCCC.CCCCCCCCC(O)CCCCCC.[CH2-]CCCCCN(CCCCC[CH2-])C(CO)C(C)N.[W].[Y]. The van der Waals surface area contributed by atoms with Crippen molar-refractivity contribution in [3.63, 3.8) is 0 Å². The Hall–Kier alpha value is 1.59. The standard InChI is InChI=1S/C16H34N2O.C15H32O.C12H26O.W.Y/c1-4-6-8-10-12-18(13-11-9-7-5-2)16(14-19)15(3)17;1-3-5-7-9-10-12-14-15(16)13-11-8-6-4-2;1-3-5-7-9-11-12(13)10-8-6-4-2;;/h15-16,19H,1-2,4-14,17H2,3H3;15-16H,3-14H2,1-2H3;12-13H,3-11H2,1-2H3;;/q-2;;;;. The van der Waals surface area contributed by atoms with E-state index in [9.17, 15) is 15.3 Å². The first-order valence-corrected chi connectivity index (χ1v) is 21.3. The number of rotatable bonds is 34. The zero-order valence-electron chi connectivity index (χ0n) is 34.7. The molecule has 50 heavy (non-hydrogen) atoms. The Morgan fingerprint density at radius 3 is 1.10 bits per heavy atom. The molecule has 1 radical (unpaired) electrons. The number of unbranched alkanes of at least 4 members (excludes halogenated alkanes) is 19. The average Bonchev–Trinajstić information content (AvgIpc) is 3.07. The van der Waals surface area contributed by atoms with Crippen molar-refractivity contribution in [1.82, 2.24) is 4.90 Å². The second kappa shape index (κ2) is 52.7. The molecule has 4 unspecified atom stereocenters. The minimum atomic E-state index is -0.0250. The summed E-state index contributed by atoms with van der Waals surface area (Å²) in [5, 5.41) is 28.9. The van der Waals surface area contributed by atoms with Crippen molar-refractivity contribution in [2.75, 3.05) is 19.7 Å². The van der Waals surface area contributed by atoms with E-state index in [2.05, 4.69) is 46.4 Å². The van der Waals surface area contributed by atoms with Crippen LogP contribution in [0.4, 0.5) is 0 Å². The van der Waals surface area contributed by atoms with Crippen molar-refractivity contribution in [3.8, 4) is 0 Å². The number of aliphatic hydroxyl groups excluding tert-OH is 3. The van der Waals surface area contributed by atoms with E-state index in [4.69, 9.17) is 5.73 Å². The van der Waals surface area contributed by atoms with Crippen molar-refractivity contribution < 1.29 is 69.1 Å². The van der Waals surface area contributed by atoms with Gasteiger partial charge in [0.15, 0.2) is 0 Å². The van der Waals surface area contributed by atoms with Crippen LogP contribution in [0.1, 0.15) is 221 Å². The van der Waals surface area contributed by atoms with Crippen LogP contribution in [0.15, 0.2) is 0 Å². The minimum Gasteiger partial charge on any atom is -0.395 e. The van der Waals surface area contributed by atoms with E-state index in [0.29, 0.717) is 0 Å². The summed E-state index contributed by atoms with van der Waals surface area (Å²) in [6.45, 7) is 20.9. The molecule has 7 heteroatoms. The molecule has 0 rings (SSSR count). The largest absolute Gasteiger partial charge is 0.395 e. The van der Waals surface area contributed by atoms with Gasteiger partial charge in [-0.3, -0.25) is 4.90 Å². The number of nitrogens with two attached hydrogens (primary N) is 1. The normalized spacial score (nSPS) is 13.2. The van der Waals surface area contributed by atoms with Gasteiger partial charge >= 0.3 is 0 Å². The third kappa shape index (κ3) is 49.6. The molecule has 0 saturated heterocycles. The van der Waals surface area contributed by atoms with Crippen molar-refractivity contribution in [2.24, 2.45) is 5.73 Å². The van der Waals surface area contributed by atoms with Gasteiger partial charge in [0, 0.05) is 65.9 Å². The quantitative estimate of drug-likeness (QED) is 0.0381. The van der Waals surface area contributed by atoms with Crippen molar-refractivity contribution >= 4 is 0 Å². The maximum absolute atomic E-state index is 9.75. The van der Waals surface area contributed by atoms with Crippen LogP contribution in [-0.4, -0.2) is 64.2 Å². The third-order valence-corrected chi connectivity index (χ3v) is 9.47. The van der Waals surface area contributed by atoms with Crippen molar-refractivity contribution in [2.45, 2.75) is 245 Å². The van der Waals surface area contributed by atoms with Crippen molar-refractivity contribution in [3.05, 3.63) is 13.8 Å². The Morgan fingerprint density at radius 2 is 0.780 bits per heavy atom. The summed E-state index contributed by atoms with van der Waals surface area (Å²) in [5.41, 5.74) is 5.99. The van der Waals surface area contributed by atoms with Crippen LogP contribution >= 0.6 is 0 Å². The molecule has 0 heterocycles. The molecular formula is C43H92N2O3WY-2. The molecule has 5 nitrogen and oxygen atoms in total. The predicted molar refractivity (Wildman–Crippen MR) is 215 cm³/mol. The van der Waals surface area contributed by atoms with Crippen molar-refractivity contribution in [1.29, 1.82) is 0 Å². The van der Waals surface area contributed by atoms with E-state index >= 15 is 0 Å². The van der Waals surface area contributed by atoms with Crippen LogP contribution in [0.3, 0.4) is 0 Å². The summed E-state index contributed by atoms with van der Waals surface area (Å²) in [6, 6.07) is 0.116. The molecule has 0 aliphatic heterocycles. The van der Waals surface area contributed by atoms with Crippen LogP contribution in [0.25, 0.3) is 0 Å². The third-order valence-electron chi connectivity index (χ3n) is 9.47. The molecule has 0 saturated carbocycles. The van der Waals surface area contributed by atoms with Gasteiger partial charge < -0.3 is 34.9 Å². The van der Waals surface area contributed by atoms with E-state index in [1.54, 1.807) is 0 Å². The summed E-state index contributed by atoms with van der Waals surface area (Å²) in [5.74, 6) is 0. The number of hydrogen-bond acceptors (Lipinski definition) is 5. The Balaban J connectivity index is -0.000000202. The number of aliphatic hydroxyl groups is 3. The molecule has 303 valence electrons. The van der Waals surface area contributed by atoms with Gasteiger partial charge in [0.2, 0.25) is 0 Å². The molecule has 0 aromatic rings. The van der Waals surface area contributed by atoms with E-state index in [0.717, 1.165) is 51.6 Å². The summed E-state index contributed by atoms with van der Waals surface area (Å²) in [7, 11) is 0. The molecule has 0 aliphatic rings. The number of hydrogen-bond donors (Lipinski definition) is 4. The van der Waals surface area contributed by atoms with Gasteiger partial charge in [0.1, 0.15) is 0 Å². The molecule has 5 N–H and O–H groups in total. The number of nitrogens with zero attached hydrogens (tertiary/aromatic N) is 1. The van der Waals surface area contributed by atoms with E-state index in [1.807, 2.05) is 6.92 Å². The van der Waals surface area contributed by atoms with E-state index in [1.165, 1.54) is 148 Å². The van der Waals surface area contributed by atoms with Gasteiger partial charge in [-0.15, -0.1) is 0 Å². The molecule has 0 fully saturated rings. The Bertz CT molecular complexity index is 550. The monoisotopic (exact) mass is 958 g/mol. The Labute approximate surface area is 355 Å². The first kappa shape index (κ1) is 60.8. The van der Waals surface area contributed by atoms with Gasteiger partial charge in [-0.2, -0.15) is 12.8 Å². The second-order valence-electron chi connectivity index (χ2n) is 14.5. The van der Waals surface area contributed by atoms with Crippen LogP contribution in [0, 0.1) is 13.8 Å². The average molecular weight is 958 g/mol. The molecule has 0 spiro atoms. The zero-order chi connectivity index (χ0) is 36.5. The maximum atomic E-state index is 9.75. The van der Waals surface area contributed by atoms with Gasteiger partial charge in [-0.1, -0.05) is 163 Å². The minimum absolute atomic E-state index is 0. The Morgan fingerprint density at radius 1 is 0.500 bits per heavy atom. The van der Waals surface area contributed by atoms with Gasteiger partial charge in [0.25, 0.3) is 0 Å². The summed E-state index contributed by atoms with van der Waals surface area (Å²) in [6.07, 6.45) is 35.1. The maximum Gasteiger partial charge on any atom is 0.0601 e. The summed E-state index contributed by atoms with van der Waals surface area (Å²) in [4.78, 5) is 2.37. The van der Waals surface area contributed by atoms with E-state index in [-0.39, 0.29) is 84.7 Å². The van der Waals surface area contributed by atoms with Crippen LogP contribution in [0.5, 0.6) is 0 Å². The molecule has 0 amide bonds. The summed E-state index contributed by atoms with van der Waals surface area (Å²) < 4.78 is 0. The van der Waals surface area contributed by atoms with Crippen LogP contribution in [-0.2, 0) is 53.8 Å². The second-order valence-corrected chi connectivity index (χ2v) is 14.5. The molecule has 0 aromatic carbocycles. The first-order valence-electron chi connectivity index (χ1n) is 21.3. The van der Waals surface area contributed by atoms with Gasteiger partial charge in [0.05, 0.1) is 18.8 Å². The Kier molecular flexibility index (Phi) is 64.1. The molecular weight excluding hydrogens is 865 g/mol. The fourth-order valence-electron chi connectivity index (χ4n) is 6.09. The van der Waals surface area contributed by atoms with Gasteiger partial charge in [-0.25, -0.2) is 0 Å². The van der Waals surface area contributed by atoms with E-state index < -0.39 is 0 Å². The fourth-order valence-corrected chi connectivity index (χ4v) is 6.09.